The standard InChI is InChI=1S/C9H9NO/c1-6-3-10-7(2)9-5-11-4-8(6)9/h3-5H,1-2H3. The highest BCUT2D eigenvalue weighted by atomic mass is 16.3. The van der Waals surface area contributed by atoms with Crippen molar-refractivity contribution in [3.63, 3.8) is 0 Å². The van der Waals surface area contributed by atoms with Gasteiger partial charge < -0.3 is 4.42 Å². The van der Waals surface area contributed by atoms with Gasteiger partial charge in [0.2, 0.25) is 0 Å². The molecule has 0 aliphatic heterocycles. The van der Waals surface area contributed by atoms with Gasteiger partial charge in [-0.25, -0.2) is 0 Å². The van der Waals surface area contributed by atoms with E-state index in [1.165, 1.54) is 5.56 Å². The molecule has 2 heterocycles. The molecule has 0 amide bonds. The van der Waals surface area contributed by atoms with E-state index < -0.39 is 0 Å². The minimum atomic E-state index is 1.03. The Morgan fingerprint density at radius 1 is 1.18 bits per heavy atom. The highest BCUT2D eigenvalue weighted by Crippen LogP contribution is 2.20. The second-order valence-corrected chi connectivity index (χ2v) is 2.73. The number of pyridine rings is 1. The molecule has 0 radical (unpaired) electrons. The number of aryl methyl sites for hydroxylation is 2. The lowest BCUT2D eigenvalue weighted by Gasteiger charge is -1.95. The minimum absolute atomic E-state index is 1.03. The van der Waals surface area contributed by atoms with E-state index in [2.05, 4.69) is 4.98 Å². The highest BCUT2D eigenvalue weighted by molar-refractivity contribution is 5.85. The van der Waals surface area contributed by atoms with Crippen molar-refractivity contribution in [3.8, 4) is 0 Å². The first-order chi connectivity index (χ1) is 5.29. The number of rotatable bonds is 0. The van der Waals surface area contributed by atoms with Crippen LogP contribution in [0.4, 0.5) is 0 Å². The third kappa shape index (κ3) is 0.827. The summed E-state index contributed by atoms with van der Waals surface area (Å²) in [5.74, 6) is 0. The Balaban J connectivity index is 2.96. The van der Waals surface area contributed by atoms with E-state index in [1.807, 2.05) is 20.0 Å². The molecule has 2 aromatic heterocycles. The molecule has 0 atom stereocenters. The first-order valence-electron chi connectivity index (χ1n) is 3.57. The van der Waals surface area contributed by atoms with Gasteiger partial charge in [0.05, 0.1) is 12.5 Å². The third-order valence-electron chi connectivity index (χ3n) is 1.93. The van der Waals surface area contributed by atoms with E-state index >= 15 is 0 Å². The number of hydrogen-bond donors (Lipinski definition) is 0. The summed E-state index contributed by atoms with van der Waals surface area (Å²) in [6.45, 7) is 4.02. The van der Waals surface area contributed by atoms with Crippen LogP contribution < -0.4 is 0 Å². The van der Waals surface area contributed by atoms with E-state index in [0.717, 1.165) is 16.5 Å². The first kappa shape index (κ1) is 6.40. The molecule has 0 saturated carbocycles. The van der Waals surface area contributed by atoms with Crippen molar-refractivity contribution in [2.75, 3.05) is 0 Å². The fraction of sp³-hybridized carbons (Fsp3) is 0.222. The Kier molecular flexibility index (Phi) is 1.22. The zero-order valence-electron chi connectivity index (χ0n) is 6.59. The lowest BCUT2D eigenvalue weighted by atomic mass is 10.1. The van der Waals surface area contributed by atoms with Crippen LogP contribution >= 0.6 is 0 Å². The van der Waals surface area contributed by atoms with E-state index in [9.17, 15) is 0 Å². The SMILES string of the molecule is Cc1cnc(C)c2cocc12. The zero-order chi connectivity index (χ0) is 7.84. The molecule has 0 aliphatic carbocycles. The monoisotopic (exact) mass is 147 g/mol. The fourth-order valence-electron chi connectivity index (χ4n) is 1.22. The summed E-state index contributed by atoms with van der Waals surface area (Å²) in [4.78, 5) is 4.22. The van der Waals surface area contributed by atoms with Crippen LogP contribution in [0.2, 0.25) is 0 Å². The maximum Gasteiger partial charge on any atom is 0.0999 e. The Morgan fingerprint density at radius 3 is 2.64 bits per heavy atom. The molecule has 2 nitrogen and oxygen atoms in total. The van der Waals surface area contributed by atoms with Crippen LogP contribution in [0.25, 0.3) is 10.8 Å². The van der Waals surface area contributed by atoms with Crippen molar-refractivity contribution in [1.82, 2.24) is 4.98 Å². The normalized spacial score (nSPS) is 10.7. The van der Waals surface area contributed by atoms with E-state index in [1.54, 1.807) is 12.5 Å². The molecule has 0 aromatic carbocycles. The zero-order valence-corrected chi connectivity index (χ0v) is 6.59. The van der Waals surface area contributed by atoms with Gasteiger partial charge in [-0.3, -0.25) is 4.98 Å². The number of hydrogen-bond acceptors (Lipinski definition) is 2. The van der Waals surface area contributed by atoms with Crippen LogP contribution in [0.3, 0.4) is 0 Å². The molecule has 0 N–H and O–H groups in total. The van der Waals surface area contributed by atoms with E-state index in [0.29, 0.717) is 0 Å². The quantitative estimate of drug-likeness (QED) is 0.572. The van der Waals surface area contributed by atoms with Crippen LogP contribution in [-0.4, -0.2) is 4.98 Å². The summed E-state index contributed by atoms with van der Waals surface area (Å²) in [6, 6.07) is 0. The Labute approximate surface area is 64.9 Å². The molecule has 0 fully saturated rings. The van der Waals surface area contributed by atoms with Gasteiger partial charge in [-0.2, -0.15) is 0 Å². The molecule has 2 rings (SSSR count). The molecular weight excluding hydrogens is 138 g/mol. The molecule has 2 heteroatoms. The van der Waals surface area contributed by atoms with Gasteiger partial charge in [0, 0.05) is 22.7 Å². The lowest BCUT2D eigenvalue weighted by molar-refractivity contribution is 0.572. The summed E-state index contributed by atoms with van der Waals surface area (Å²) in [6.07, 6.45) is 5.37. The van der Waals surface area contributed by atoms with Gasteiger partial charge >= 0.3 is 0 Å². The van der Waals surface area contributed by atoms with Gasteiger partial charge in [-0.1, -0.05) is 0 Å². The van der Waals surface area contributed by atoms with Crippen LogP contribution in [0.1, 0.15) is 11.3 Å². The highest BCUT2D eigenvalue weighted by Gasteiger charge is 2.02. The van der Waals surface area contributed by atoms with Crippen LogP contribution in [0, 0.1) is 13.8 Å². The summed E-state index contributed by atoms with van der Waals surface area (Å²) < 4.78 is 5.09. The maximum absolute atomic E-state index is 5.09. The minimum Gasteiger partial charge on any atom is -0.471 e. The van der Waals surface area contributed by atoms with Gasteiger partial charge in [-0.15, -0.1) is 0 Å². The summed E-state index contributed by atoms with van der Waals surface area (Å²) in [5, 5.41) is 2.28. The molecule has 0 aliphatic rings. The van der Waals surface area contributed by atoms with Gasteiger partial charge in [0.1, 0.15) is 0 Å². The molecule has 56 valence electrons. The molecule has 2 aromatic rings. The summed E-state index contributed by atoms with van der Waals surface area (Å²) >= 11 is 0. The number of aromatic nitrogens is 1. The number of furan rings is 1. The molecule has 0 spiro atoms. The molecule has 11 heavy (non-hydrogen) atoms. The average Bonchev–Trinajstić information content (AvgIpc) is 2.45. The topological polar surface area (TPSA) is 26.0 Å². The van der Waals surface area contributed by atoms with Crippen molar-refractivity contribution < 1.29 is 4.42 Å². The molecule has 0 bridgehead atoms. The lowest BCUT2D eigenvalue weighted by Crippen LogP contribution is -1.82. The Bertz CT molecular complexity index is 353. The van der Waals surface area contributed by atoms with Crippen LogP contribution in [0.15, 0.2) is 23.1 Å². The number of nitrogens with zero attached hydrogens (tertiary/aromatic N) is 1. The van der Waals surface area contributed by atoms with Gasteiger partial charge in [0.25, 0.3) is 0 Å². The summed E-state index contributed by atoms with van der Waals surface area (Å²) in [7, 11) is 0. The first-order valence-corrected chi connectivity index (χ1v) is 3.57. The van der Waals surface area contributed by atoms with Gasteiger partial charge in [0.15, 0.2) is 0 Å². The van der Waals surface area contributed by atoms with Crippen LogP contribution in [0.5, 0.6) is 0 Å². The second-order valence-electron chi connectivity index (χ2n) is 2.73. The van der Waals surface area contributed by atoms with E-state index in [-0.39, 0.29) is 0 Å². The smallest absolute Gasteiger partial charge is 0.0999 e. The summed E-state index contributed by atoms with van der Waals surface area (Å²) in [5.41, 5.74) is 2.19. The van der Waals surface area contributed by atoms with Crippen molar-refractivity contribution in [1.29, 1.82) is 0 Å². The van der Waals surface area contributed by atoms with E-state index in [4.69, 9.17) is 4.42 Å². The number of fused-ring (bicyclic) bond motifs is 1. The van der Waals surface area contributed by atoms with Gasteiger partial charge in [-0.05, 0) is 19.4 Å². The van der Waals surface area contributed by atoms with Crippen LogP contribution in [-0.2, 0) is 0 Å². The van der Waals surface area contributed by atoms with Crippen molar-refractivity contribution >= 4 is 10.8 Å². The molecular formula is C9H9NO. The van der Waals surface area contributed by atoms with Crippen molar-refractivity contribution in [2.24, 2.45) is 0 Å². The average molecular weight is 147 g/mol. The Hall–Kier alpha value is -1.31. The van der Waals surface area contributed by atoms with Crippen molar-refractivity contribution in [3.05, 3.63) is 30.0 Å². The largest absolute Gasteiger partial charge is 0.471 e. The molecule has 0 saturated heterocycles. The van der Waals surface area contributed by atoms with Crippen molar-refractivity contribution in [2.45, 2.75) is 13.8 Å². The Morgan fingerprint density at radius 2 is 1.91 bits per heavy atom. The predicted molar refractivity (Wildman–Crippen MR) is 43.5 cm³/mol. The fourth-order valence-corrected chi connectivity index (χ4v) is 1.22. The second kappa shape index (κ2) is 2.09. The predicted octanol–water partition coefficient (Wildman–Crippen LogP) is 2.44. The third-order valence-corrected chi connectivity index (χ3v) is 1.93. The maximum atomic E-state index is 5.09. The molecule has 0 unspecified atom stereocenters.